The lowest BCUT2D eigenvalue weighted by molar-refractivity contribution is 0.211. The second kappa shape index (κ2) is 5.76. The lowest BCUT2D eigenvalue weighted by Gasteiger charge is -2.29. The van der Waals surface area contributed by atoms with Gasteiger partial charge in [0, 0.05) is 6.20 Å². The van der Waals surface area contributed by atoms with Crippen LogP contribution in [-0.4, -0.2) is 10.1 Å². The molecule has 3 rings (SSSR count). The van der Waals surface area contributed by atoms with Crippen LogP contribution in [0, 0.1) is 0 Å². The summed E-state index contributed by atoms with van der Waals surface area (Å²) < 4.78 is 0. The van der Waals surface area contributed by atoms with Crippen LogP contribution in [0.5, 0.6) is 0 Å². The standard InChI is InChI=1S/C18H21NO/c1-2-13-9-6-12-19-17(13)18(20)16-11-4-3-10-15(16)14-7-5-8-14/h3-4,6,9-12,14,18,20H,2,5,7-8H2,1H3. The number of hydrogen-bond donors (Lipinski definition) is 1. The normalized spacial score (nSPS) is 16.7. The first kappa shape index (κ1) is 13.3. The molecule has 0 bridgehead atoms. The monoisotopic (exact) mass is 267 g/mol. The summed E-state index contributed by atoms with van der Waals surface area (Å²) >= 11 is 0. The van der Waals surface area contributed by atoms with Crippen LogP contribution in [0.4, 0.5) is 0 Å². The zero-order valence-electron chi connectivity index (χ0n) is 11.9. The molecule has 0 aliphatic heterocycles. The van der Waals surface area contributed by atoms with Crippen LogP contribution in [0.25, 0.3) is 0 Å². The molecule has 1 heterocycles. The van der Waals surface area contributed by atoms with E-state index in [-0.39, 0.29) is 0 Å². The van der Waals surface area contributed by atoms with Crippen LogP contribution in [0.2, 0.25) is 0 Å². The Morgan fingerprint density at radius 3 is 2.70 bits per heavy atom. The highest BCUT2D eigenvalue weighted by Crippen LogP contribution is 2.40. The molecule has 1 aromatic heterocycles. The van der Waals surface area contributed by atoms with E-state index in [2.05, 4.69) is 30.1 Å². The number of pyridine rings is 1. The maximum absolute atomic E-state index is 10.8. The predicted octanol–water partition coefficient (Wildman–Crippen LogP) is 3.99. The molecule has 1 N–H and O–H groups in total. The maximum Gasteiger partial charge on any atom is 0.121 e. The average molecular weight is 267 g/mol. The van der Waals surface area contributed by atoms with Crippen LogP contribution in [-0.2, 0) is 6.42 Å². The maximum atomic E-state index is 10.8. The SMILES string of the molecule is CCc1cccnc1C(O)c1ccccc1C1CCC1. The highest BCUT2D eigenvalue weighted by molar-refractivity contribution is 5.39. The first-order valence-corrected chi connectivity index (χ1v) is 7.52. The van der Waals surface area contributed by atoms with E-state index in [0.29, 0.717) is 5.92 Å². The molecule has 1 fully saturated rings. The van der Waals surface area contributed by atoms with E-state index in [1.165, 1.54) is 24.8 Å². The van der Waals surface area contributed by atoms with Crippen molar-refractivity contribution in [1.29, 1.82) is 0 Å². The highest BCUT2D eigenvalue weighted by atomic mass is 16.3. The molecule has 0 radical (unpaired) electrons. The Hall–Kier alpha value is -1.67. The smallest absolute Gasteiger partial charge is 0.121 e. The van der Waals surface area contributed by atoms with Gasteiger partial charge in [0.1, 0.15) is 6.10 Å². The lowest BCUT2D eigenvalue weighted by atomic mass is 9.77. The Balaban J connectivity index is 1.99. The van der Waals surface area contributed by atoms with Crippen LogP contribution >= 0.6 is 0 Å². The van der Waals surface area contributed by atoms with Crippen molar-refractivity contribution in [1.82, 2.24) is 4.98 Å². The zero-order chi connectivity index (χ0) is 13.9. The zero-order valence-corrected chi connectivity index (χ0v) is 11.9. The molecule has 0 spiro atoms. The molecule has 104 valence electrons. The minimum Gasteiger partial charge on any atom is -0.382 e. The number of aryl methyl sites for hydroxylation is 1. The summed E-state index contributed by atoms with van der Waals surface area (Å²) in [5.41, 5.74) is 4.27. The van der Waals surface area contributed by atoms with Gasteiger partial charge in [-0.25, -0.2) is 0 Å². The number of rotatable bonds is 4. The summed E-state index contributed by atoms with van der Waals surface area (Å²) in [6.07, 6.45) is 5.84. The van der Waals surface area contributed by atoms with Gasteiger partial charge in [-0.15, -0.1) is 0 Å². The van der Waals surface area contributed by atoms with Crippen molar-refractivity contribution >= 4 is 0 Å². The molecule has 2 heteroatoms. The van der Waals surface area contributed by atoms with Crippen molar-refractivity contribution < 1.29 is 5.11 Å². The molecule has 1 aromatic carbocycles. The Morgan fingerprint density at radius 1 is 1.20 bits per heavy atom. The van der Waals surface area contributed by atoms with Crippen LogP contribution < -0.4 is 0 Å². The Kier molecular flexibility index (Phi) is 3.83. The Morgan fingerprint density at radius 2 is 2.00 bits per heavy atom. The van der Waals surface area contributed by atoms with Crippen molar-refractivity contribution in [3.05, 3.63) is 65.0 Å². The van der Waals surface area contributed by atoms with E-state index >= 15 is 0 Å². The summed E-state index contributed by atoms with van der Waals surface area (Å²) in [6.45, 7) is 2.10. The minimum absolute atomic E-state index is 0.608. The molecule has 20 heavy (non-hydrogen) atoms. The third-order valence-corrected chi connectivity index (χ3v) is 4.40. The number of benzene rings is 1. The van der Waals surface area contributed by atoms with Gasteiger partial charge in [-0.3, -0.25) is 4.98 Å². The molecule has 1 aliphatic carbocycles. The molecule has 0 saturated heterocycles. The predicted molar refractivity (Wildman–Crippen MR) is 80.7 cm³/mol. The Bertz CT molecular complexity index is 589. The van der Waals surface area contributed by atoms with Crippen molar-refractivity contribution in [2.75, 3.05) is 0 Å². The van der Waals surface area contributed by atoms with E-state index in [0.717, 1.165) is 23.2 Å². The topological polar surface area (TPSA) is 33.1 Å². The summed E-state index contributed by atoms with van der Waals surface area (Å²) in [5.74, 6) is 0.620. The van der Waals surface area contributed by atoms with Gasteiger partial charge in [0.15, 0.2) is 0 Å². The molecule has 1 atom stereocenters. The molecular formula is C18H21NO. The summed E-state index contributed by atoms with van der Waals surface area (Å²) in [4.78, 5) is 4.42. The van der Waals surface area contributed by atoms with Gasteiger partial charge < -0.3 is 5.11 Å². The average Bonchev–Trinajstić information content (AvgIpc) is 2.45. The molecule has 1 aliphatic rings. The van der Waals surface area contributed by atoms with Gasteiger partial charge in [0.2, 0.25) is 0 Å². The van der Waals surface area contributed by atoms with E-state index < -0.39 is 6.10 Å². The fourth-order valence-corrected chi connectivity index (χ4v) is 2.99. The number of aliphatic hydroxyl groups excluding tert-OH is 1. The van der Waals surface area contributed by atoms with Gasteiger partial charge in [0.25, 0.3) is 0 Å². The molecule has 1 saturated carbocycles. The quantitative estimate of drug-likeness (QED) is 0.908. The molecule has 2 aromatic rings. The van der Waals surface area contributed by atoms with Crippen molar-refractivity contribution in [2.45, 2.75) is 44.6 Å². The minimum atomic E-state index is -0.608. The molecule has 0 amide bonds. The number of aromatic nitrogens is 1. The second-order valence-corrected chi connectivity index (χ2v) is 5.56. The highest BCUT2D eigenvalue weighted by Gasteiger charge is 2.25. The molecule has 1 unspecified atom stereocenters. The van der Waals surface area contributed by atoms with Crippen LogP contribution in [0.15, 0.2) is 42.6 Å². The number of nitrogens with zero attached hydrogens (tertiary/aromatic N) is 1. The van der Waals surface area contributed by atoms with Crippen LogP contribution in [0.1, 0.15) is 60.6 Å². The first-order chi connectivity index (χ1) is 9.81. The van der Waals surface area contributed by atoms with Gasteiger partial charge in [-0.05, 0) is 47.9 Å². The van der Waals surface area contributed by atoms with E-state index in [1.54, 1.807) is 6.20 Å². The van der Waals surface area contributed by atoms with Gasteiger partial charge in [-0.1, -0.05) is 43.7 Å². The van der Waals surface area contributed by atoms with E-state index in [1.807, 2.05) is 18.2 Å². The van der Waals surface area contributed by atoms with Crippen molar-refractivity contribution in [2.24, 2.45) is 0 Å². The third-order valence-electron chi connectivity index (χ3n) is 4.40. The number of hydrogen-bond acceptors (Lipinski definition) is 2. The summed E-state index contributed by atoms with van der Waals surface area (Å²) in [7, 11) is 0. The van der Waals surface area contributed by atoms with Gasteiger partial charge >= 0.3 is 0 Å². The molecule has 2 nitrogen and oxygen atoms in total. The largest absolute Gasteiger partial charge is 0.382 e. The van der Waals surface area contributed by atoms with E-state index in [9.17, 15) is 5.11 Å². The molecular weight excluding hydrogens is 246 g/mol. The van der Waals surface area contributed by atoms with Crippen LogP contribution in [0.3, 0.4) is 0 Å². The third kappa shape index (κ3) is 2.36. The fourth-order valence-electron chi connectivity index (χ4n) is 2.99. The summed E-state index contributed by atoms with van der Waals surface area (Å²) in [6, 6.07) is 12.3. The lowest BCUT2D eigenvalue weighted by Crippen LogP contribution is -2.15. The van der Waals surface area contributed by atoms with Crippen molar-refractivity contribution in [3.63, 3.8) is 0 Å². The van der Waals surface area contributed by atoms with Gasteiger partial charge in [-0.2, -0.15) is 0 Å². The van der Waals surface area contributed by atoms with Gasteiger partial charge in [0.05, 0.1) is 5.69 Å². The number of aliphatic hydroxyl groups is 1. The Labute approximate surface area is 120 Å². The fraction of sp³-hybridized carbons (Fsp3) is 0.389. The van der Waals surface area contributed by atoms with E-state index in [4.69, 9.17) is 0 Å². The van der Waals surface area contributed by atoms with Crippen molar-refractivity contribution in [3.8, 4) is 0 Å². The summed E-state index contributed by atoms with van der Waals surface area (Å²) in [5, 5.41) is 10.8. The second-order valence-electron chi connectivity index (χ2n) is 5.56. The first-order valence-electron chi connectivity index (χ1n) is 7.52.